The average molecular weight is 284 g/mol. The molecule has 0 bridgehead atoms. The van der Waals surface area contributed by atoms with Gasteiger partial charge in [-0.1, -0.05) is 17.7 Å². The van der Waals surface area contributed by atoms with Crippen molar-refractivity contribution in [2.75, 3.05) is 0 Å². The van der Waals surface area contributed by atoms with Gasteiger partial charge >= 0.3 is 14.6 Å². The van der Waals surface area contributed by atoms with Gasteiger partial charge in [-0.2, -0.15) is 0 Å². The number of hydrogen-bond acceptors (Lipinski definition) is 4. The van der Waals surface area contributed by atoms with Crippen molar-refractivity contribution in [2.24, 2.45) is 0 Å². The molecule has 80 valence electrons. The fraction of sp³-hybridized carbons (Fsp3) is 0.125. The topological polar surface area (TPSA) is 98.0 Å². The van der Waals surface area contributed by atoms with Gasteiger partial charge < -0.3 is 19.8 Å². The summed E-state index contributed by atoms with van der Waals surface area (Å²) in [4.78, 5) is 32.0. The summed E-state index contributed by atoms with van der Waals surface area (Å²) in [7, 11) is -2.62. The van der Waals surface area contributed by atoms with Crippen LogP contribution in [0.4, 0.5) is 0 Å². The smallest absolute Gasteiger partial charge is 0.335 e. The SMILES string of the molecule is Cc1ccc(C(=O)O)cc1.OP(O)O.[Zn]. The molecule has 5 nitrogen and oxygen atoms in total. The summed E-state index contributed by atoms with van der Waals surface area (Å²) in [6.07, 6.45) is 0. The van der Waals surface area contributed by atoms with Crippen molar-refractivity contribution in [3.8, 4) is 0 Å². The molecule has 0 unspecified atom stereocenters. The maximum absolute atomic E-state index is 10.3. The number of rotatable bonds is 1. The maximum Gasteiger partial charge on any atom is 0.335 e. The Morgan fingerprint density at radius 3 is 1.73 bits per heavy atom. The quantitative estimate of drug-likeness (QED) is 0.453. The van der Waals surface area contributed by atoms with Crippen molar-refractivity contribution in [3.63, 3.8) is 0 Å². The molecule has 1 aromatic carbocycles. The molecule has 0 radical (unpaired) electrons. The molecule has 0 heterocycles. The van der Waals surface area contributed by atoms with Crippen LogP contribution in [0.15, 0.2) is 24.3 Å². The van der Waals surface area contributed by atoms with Crippen LogP contribution in [-0.2, 0) is 19.5 Å². The standard InChI is InChI=1S/C8H8O2.H3O3P.Zn/c1-6-2-4-7(5-3-6)8(9)10;1-4(2)3;/h2-5H,1H3,(H,9,10);1-3H;. The predicted molar refractivity (Wildman–Crippen MR) is 51.7 cm³/mol. The second kappa shape index (κ2) is 8.89. The molecule has 0 aliphatic rings. The number of aryl methyl sites for hydroxylation is 1. The molecule has 15 heavy (non-hydrogen) atoms. The second-order valence-electron chi connectivity index (χ2n) is 2.44. The van der Waals surface area contributed by atoms with Crippen LogP contribution in [0.5, 0.6) is 0 Å². The molecule has 0 aliphatic heterocycles. The van der Waals surface area contributed by atoms with E-state index in [1.54, 1.807) is 24.3 Å². The van der Waals surface area contributed by atoms with E-state index in [0.717, 1.165) is 5.56 Å². The second-order valence-corrected chi connectivity index (χ2v) is 2.98. The molecule has 1 rings (SSSR count). The predicted octanol–water partition coefficient (Wildman–Crippen LogP) is 0.881. The zero-order valence-corrected chi connectivity index (χ0v) is 12.0. The van der Waals surface area contributed by atoms with E-state index in [4.69, 9.17) is 19.8 Å². The number of benzene rings is 1. The van der Waals surface area contributed by atoms with E-state index < -0.39 is 14.6 Å². The summed E-state index contributed by atoms with van der Waals surface area (Å²) in [5.41, 5.74) is 1.41. The van der Waals surface area contributed by atoms with Crippen LogP contribution in [0, 0.1) is 6.92 Å². The first-order chi connectivity index (χ1) is 6.43. The molecule has 7 heteroatoms. The summed E-state index contributed by atoms with van der Waals surface area (Å²) in [5, 5.41) is 8.48. The van der Waals surface area contributed by atoms with Crippen LogP contribution in [-0.4, -0.2) is 25.8 Å². The number of carbonyl (C=O) groups is 1. The largest absolute Gasteiger partial charge is 0.478 e. The van der Waals surface area contributed by atoms with Gasteiger partial charge in [-0.25, -0.2) is 4.79 Å². The van der Waals surface area contributed by atoms with Crippen molar-refractivity contribution < 1.29 is 44.1 Å². The Morgan fingerprint density at radius 1 is 1.13 bits per heavy atom. The van der Waals surface area contributed by atoms with E-state index in [-0.39, 0.29) is 19.5 Å². The summed E-state index contributed by atoms with van der Waals surface area (Å²) in [6, 6.07) is 6.75. The number of aromatic carboxylic acids is 1. The van der Waals surface area contributed by atoms with Gasteiger partial charge in [-0.3, -0.25) is 0 Å². The van der Waals surface area contributed by atoms with Crippen LogP contribution in [0.3, 0.4) is 0 Å². The Hall–Kier alpha value is -0.377. The van der Waals surface area contributed by atoms with E-state index in [9.17, 15) is 4.79 Å². The number of carboxylic acid groups (broad SMARTS) is 1. The third-order valence-corrected chi connectivity index (χ3v) is 1.30. The van der Waals surface area contributed by atoms with E-state index >= 15 is 0 Å². The third-order valence-electron chi connectivity index (χ3n) is 1.30. The van der Waals surface area contributed by atoms with E-state index in [1.807, 2.05) is 6.92 Å². The van der Waals surface area contributed by atoms with E-state index in [1.165, 1.54) is 0 Å². The molecule has 1 aromatic rings. The minimum atomic E-state index is -2.62. The maximum atomic E-state index is 10.3. The molecule has 0 fully saturated rings. The van der Waals surface area contributed by atoms with Gasteiger partial charge in [-0.05, 0) is 19.1 Å². The molecular weight excluding hydrogens is 272 g/mol. The molecule has 0 amide bonds. The van der Waals surface area contributed by atoms with E-state index in [2.05, 4.69) is 0 Å². The molecule has 0 saturated carbocycles. The third kappa shape index (κ3) is 9.92. The first-order valence-electron chi connectivity index (χ1n) is 3.60. The van der Waals surface area contributed by atoms with Gasteiger partial charge in [0.05, 0.1) is 5.56 Å². The summed E-state index contributed by atoms with van der Waals surface area (Å²) in [6.45, 7) is 1.92. The number of hydrogen-bond donors (Lipinski definition) is 4. The Bertz CT molecular complexity index is 285. The first-order valence-corrected chi connectivity index (χ1v) is 4.80. The average Bonchev–Trinajstić information content (AvgIpc) is 2.03. The van der Waals surface area contributed by atoms with E-state index in [0.29, 0.717) is 5.56 Å². The molecule has 0 saturated heterocycles. The summed E-state index contributed by atoms with van der Waals surface area (Å²) < 4.78 is 0. The Morgan fingerprint density at radius 2 is 1.47 bits per heavy atom. The van der Waals surface area contributed by atoms with Crippen molar-refractivity contribution in [2.45, 2.75) is 6.92 Å². The van der Waals surface area contributed by atoms with Crippen LogP contribution in [0.2, 0.25) is 0 Å². The van der Waals surface area contributed by atoms with Gasteiger partial charge in [-0.15, -0.1) is 0 Å². The van der Waals surface area contributed by atoms with Crippen LogP contribution < -0.4 is 0 Å². The molecule has 0 aliphatic carbocycles. The summed E-state index contributed by atoms with van der Waals surface area (Å²) >= 11 is 0. The van der Waals surface area contributed by atoms with Gasteiger partial charge in [0.1, 0.15) is 0 Å². The molecular formula is C8H11O5PZn. The number of carboxylic acids is 1. The van der Waals surface area contributed by atoms with Crippen molar-refractivity contribution >= 4 is 14.6 Å². The van der Waals surface area contributed by atoms with Crippen molar-refractivity contribution in [1.82, 2.24) is 0 Å². The molecule has 4 N–H and O–H groups in total. The van der Waals surface area contributed by atoms with Gasteiger partial charge in [0, 0.05) is 19.5 Å². The Labute approximate surface area is 101 Å². The van der Waals surface area contributed by atoms with Crippen LogP contribution in [0.1, 0.15) is 15.9 Å². The van der Waals surface area contributed by atoms with Gasteiger partial charge in [0.2, 0.25) is 0 Å². The fourth-order valence-corrected chi connectivity index (χ4v) is 0.696. The Kier molecular flexibility index (Phi) is 10.1. The van der Waals surface area contributed by atoms with Gasteiger partial charge in [0.25, 0.3) is 0 Å². The molecule has 0 atom stereocenters. The zero-order chi connectivity index (χ0) is 11.1. The monoisotopic (exact) mass is 282 g/mol. The molecule has 0 spiro atoms. The first kappa shape index (κ1) is 17.0. The molecule has 0 aromatic heterocycles. The van der Waals surface area contributed by atoms with Crippen molar-refractivity contribution in [1.29, 1.82) is 0 Å². The van der Waals surface area contributed by atoms with Crippen LogP contribution in [0.25, 0.3) is 0 Å². The minimum absolute atomic E-state index is 0. The van der Waals surface area contributed by atoms with Crippen molar-refractivity contribution in [3.05, 3.63) is 35.4 Å². The normalized spacial score (nSPS) is 8.60. The Balaban J connectivity index is 0. The zero-order valence-electron chi connectivity index (χ0n) is 8.16. The summed E-state index contributed by atoms with van der Waals surface area (Å²) in [5.74, 6) is -0.875. The van der Waals surface area contributed by atoms with Crippen LogP contribution >= 0.6 is 8.60 Å². The fourth-order valence-electron chi connectivity index (χ4n) is 0.696. The minimum Gasteiger partial charge on any atom is -0.478 e. The van der Waals surface area contributed by atoms with Gasteiger partial charge in [0.15, 0.2) is 0 Å².